The maximum atomic E-state index is 14.6. The van der Waals surface area contributed by atoms with Crippen LogP contribution in [0, 0.1) is 19.7 Å². The first-order valence-corrected chi connectivity index (χ1v) is 10.6. The Morgan fingerprint density at radius 1 is 1.18 bits per heavy atom. The minimum Gasteiger partial charge on any atom is -0.446 e. The lowest BCUT2D eigenvalue weighted by atomic mass is 10.1. The third-order valence-corrected chi connectivity index (χ3v) is 5.05. The van der Waals surface area contributed by atoms with Crippen molar-refractivity contribution < 1.29 is 23.1 Å². The Morgan fingerprint density at radius 2 is 1.97 bits per heavy atom. The molecule has 3 aromatic heterocycles. The van der Waals surface area contributed by atoms with Crippen molar-refractivity contribution in [2.45, 2.75) is 40.2 Å². The summed E-state index contributed by atoms with van der Waals surface area (Å²) in [6, 6.07) is 4.14. The van der Waals surface area contributed by atoms with Crippen LogP contribution in [0.5, 0.6) is 0 Å². The molecule has 0 saturated heterocycles. The standard InChI is InChI=1S/C23H23FN6O4/c1-5-12(2)33-23(32)28-16-9-25-22-29-19(11-30(22)10-16)17-8-15(6-7-18(17)24)27-21(31)20-13(3)26-14(4)34-20/h6-12H,5H2,1-4H3,(H,27,31)(H,28,32). The van der Waals surface area contributed by atoms with Crippen LogP contribution in [-0.2, 0) is 4.74 Å². The van der Waals surface area contributed by atoms with Crippen molar-refractivity contribution in [1.29, 1.82) is 0 Å². The van der Waals surface area contributed by atoms with Gasteiger partial charge >= 0.3 is 6.09 Å². The third kappa shape index (κ3) is 4.87. The topological polar surface area (TPSA) is 124 Å². The molecule has 3 heterocycles. The SMILES string of the molecule is CCC(C)OC(=O)Nc1cnc2nc(-c3cc(NC(=O)c4oc(C)nc4C)ccc3F)cn2c1. The Kier molecular flexibility index (Phi) is 6.26. The Balaban J connectivity index is 1.57. The van der Waals surface area contributed by atoms with Gasteiger partial charge in [-0.2, -0.15) is 0 Å². The number of amides is 2. The zero-order valence-electron chi connectivity index (χ0n) is 19.0. The monoisotopic (exact) mass is 466 g/mol. The van der Waals surface area contributed by atoms with Gasteiger partial charge in [0, 0.05) is 30.6 Å². The van der Waals surface area contributed by atoms with Crippen molar-refractivity contribution >= 4 is 29.2 Å². The Bertz CT molecular complexity index is 1380. The van der Waals surface area contributed by atoms with Gasteiger partial charge in [-0.3, -0.25) is 14.5 Å². The highest BCUT2D eigenvalue weighted by Crippen LogP contribution is 2.26. The first kappa shape index (κ1) is 22.9. The Labute approximate surface area is 194 Å². The molecule has 0 spiro atoms. The average Bonchev–Trinajstić information content (AvgIpc) is 3.36. The largest absolute Gasteiger partial charge is 0.446 e. The molecule has 0 saturated carbocycles. The van der Waals surface area contributed by atoms with Gasteiger partial charge in [0.1, 0.15) is 11.9 Å². The second kappa shape index (κ2) is 9.30. The number of halogens is 1. The third-order valence-electron chi connectivity index (χ3n) is 5.05. The fourth-order valence-electron chi connectivity index (χ4n) is 3.22. The van der Waals surface area contributed by atoms with Crippen LogP contribution >= 0.6 is 0 Å². The van der Waals surface area contributed by atoms with E-state index in [1.807, 2.05) is 6.92 Å². The van der Waals surface area contributed by atoms with E-state index in [1.54, 1.807) is 37.6 Å². The van der Waals surface area contributed by atoms with E-state index in [2.05, 4.69) is 25.6 Å². The van der Waals surface area contributed by atoms with Crippen LogP contribution in [-0.4, -0.2) is 37.5 Å². The number of hydrogen-bond donors (Lipinski definition) is 2. The number of imidazole rings is 1. The first-order valence-electron chi connectivity index (χ1n) is 10.6. The number of aryl methyl sites for hydroxylation is 2. The molecule has 176 valence electrons. The smallest absolute Gasteiger partial charge is 0.411 e. The van der Waals surface area contributed by atoms with Crippen molar-refractivity contribution in [3.63, 3.8) is 0 Å². The van der Waals surface area contributed by atoms with Gasteiger partial charge in [0.05, 0.1) is 23.3 Å². The maximum Gasteiger partial charge on any atom is 0.411 e. The Morgan fingerprint density at radius 3 is 2.68 bits per heavy atom. The van der Waals surface area contributed by atoms with Gasteiger partial charge in [0.2, 0.25) is 11.5 Å². The van der Waals surface area contributed by atoms with E-state index < -0.39 is 17.8 Å². The molecule has 4 rings (SSSR count). The molecule has 1 aromatic carbocycles. The predicted molar refractivity (Wildman–Crippen MR) is 122 cm³/mol. The van der Waals surface area contributed by atoms with Crippen LogP contribution in [0.1, 0.15) is 42.4 Å². The van der Waals surface area contributed by atoms with E-state index in [0.717, 1.165) is 0 Å². The zero-order chi connectivity index (χ0) is 24.4. The van der Waals surface area contributed by atoms with Gasteiger partial charge in [-0.15, -0.1) is 0 Å². The summed E-state index contributed by atoms with van der Waals surface area (Å²) in [7, 11) is 0. The van der Waals surface area contributed by atoms with Crippen molar-refractivity contribution in [3.8, 4) is 11.3 Å². The molecule has 10 nitrogen and oxygen atoms in total. The molecular weight excluding hydrogens is 443 g/mol. The van der Waals surface area contributed by atoms with Crippen LogP contribution in [0.4, 0.5) is 20.6 Å². The minimum atomic E-state index is -0.595. The molecule has 1 unspecified atom stereocenters. The summed E-state index contributed by atoms with van der Waals surface area (Å²) in [5, 5.41) is 5.29. The highest BCUT2D eigenvalue weighted by atomic mass is 19.1. The van der Waals surface area contributed by atoms with Crippen molar-refractivity contribution in [2.75, 3.05) is 10.6 Å². The summed E-state index contributed by atoms with van der Waals surface area (Å²) < 4.78 is 26.7. The maximum absolute atomic E-state index is 14.6. The second-order valence-corrected chi connectivity index (χ2v) is 7.72. The Hall–Kier alpha value is -4.28. The molecule has 0 fully saturated rings. The minimum absolute atomic E-state index is 0.0900. The molecule has 2 N–H and O–H groups in total. The lowest BCUT2D eigenvalue weighted by molar-refractivity contribution is 0.0994. The van der Waals surface area contributed by atoms with Gasteiger partial charge in [-0.1, -0.05) is 6.92 Å². The van der Waals surface area contributed by atoms with Gasteiger partial charge < -0.3 is 14.5 Å². The number of oxazole rings is 1. The number of hydrogen-bond acceptors (Lipinski definition) is 7. The second-order valence-electron chi connectivity index (χ2n) is 7.72. The molecule has 34 heavy (non-hydrogen) atoms. The van der Waals surface area contributed by atoms with Crippen LogP contribution in [0.25, 0.3) is 17.0 Å². The number of rotatable bonds is 6. The fourth-order valence-corrected chi connectivity index (χ4v) is 3.22. The molecule has 0 aliphatic rings. The number of carbonyl (C=O) groups is 2. The van der Waals surface area contributed by atoms with E-state index in [0.29, 0.717) is 40.9 Å². The molecular formula is C23H23FN6O4. The first-order chi connectivity index (χ1) is 16.2. The van der Waals surface area contributed by atoms with E-state index in [4.69, 9.17) is 9.15 Å². The molecule has 11 heteroatoms. The zero-order valence-corrected chi connectivity index (χ0v) is 19.0. The summed E-state index contributed by atoms with van der Waals surface area (Å²) in [5.41, 5.74) is 1.67. The van der Waals surface area contributed by atoms with Crippen LogP contribution in [0.3, 0.4) is 0 Å². The van der Waals surface area contributed by atoms with Crippen LogP contribution in [0.15, 0.2) is 41.2 Å². The van der Waals surface area contributed by atoms with Gasteiger partial charge in [0.25, 0.3) is 5.91 Å². The van der Waals surface area contributed by atoms with Gasteiger partial charge in [-0.25, -0.2) is 24.1 Å². The summed E-state index contributed by atoms with van der Waals surface area (Å²) in [6.45, 7) is 7.02. The highest BCUT2D eigenvalue weighted by Gasteiger charge is 2.18. The number of benzene rings is 1. The van der Waals surface area contributed by atoms with E-state index in [1.165, 1.54) is 24.4 Å². The number of anilines is 2. The number of carbonyl (C=O) groups excluding carboxylic acids is 2. The summed E-state index contributed by atoms with van der Waals surface area (Å²) in [4.78, 5) is 37.1. The lowest BCUT2D eigenvalue weighted by Crippen LogP contribution is -2.19. The van der Waals surface area contributed by atoms with Crippen molar-refractivity contribution in [2.24, 2.45) is 0 Å². The highest BCUT2D eigenvalue weighted by molar-refractivity contribution is 6.03. The molecule has 0 radical (unpaired) electrons. The van der Waals surface area contributed by atoms with Crippen molar-refractivity contribution in [3.05, 3.63) is 60.0 Å². The number of aromatic nitrogens is 4. The molecule has 0 bridgehead atoms. The number of fused-ring (bicyclic) bond motifs is 1. The van der Waals surface area contributed by atoms with E-state index in [-0.39, 0.29) is 17.4 Å². The predicted octanol–water partition coefficient (Wildman–Crippen LogP) is 4.74. The van der Waals surface area contributed by atoms with Crippen molar-refractivity contribution in [1.82, 2.24) is 19.4 Å². The number of nitrogens with zero attached hydrogens (tertiary/aromatic N) is 4. The van der Waals surface area contributed by atoms with Crippen LogP contribution < -0.4 is 10.6 Å². The van der Waals surface area contributed by atoms with Gasteiger partial charge in [0.15, 0.2) is 5.89 Å². The van der Waals surface area contributed by atoms with Crippen LogP contribution in [0.2, 0.25) is 0 Å². The molecule has 2 amide bonds. The quantitative estimate of drug-likeness (QED) is 0.421. The van der Waals surface area contributed by atoms with E-state index in [9.17, 15) is 14.0 Å². The normalized spacial score (nSPS) is 11.9. The molecule has 0 aliphatic carbocycles. The lowest BCUT2D eigenvalue weighted by Gasteiger charge is -2.11. The number of nitrogens with one attached hydrogen (secondary N) is 2. The van der Waals surface area contributed by atoms with Gasteiger partial charge in [-0.05, 0) is 38.5 Å². The molecule has 1 atom stereocenters. The van der Waals surface area contributed by atoms with E-state index >= 15 is 0 Å². The molecule has 4 aromatic rings. The summed E-state index contributed by atoms with van der Waals surface area (Å²) >= 11 is 0. The average molecular weight is 466 g/mol. The number of ether oxygens (including phenoxy) is 1. The summed E-state index contributed by atoms with van der Waals surface area (Å²) in [6.07, 6.45) is 4.47. The summed E-state index contributed by atoms with van der Waals surface area (Å²) in [5.74, 6) is -0.248. The molecule has 0 aliphatic heterocycles. The fraction of sp³-hybridized carbons (Fsp3) is 0.261.